The van der Waals surface area contributed by atoms with Crippen LogP contribution in [0, 0.1) is 5.82 Å². The predicted octanol–water partition coefficient (Wildman–Crippen LogP) is 3.43. The van der Waals surface area contributed by atoms with Gasteiger partial charge in [0.1, 0.15) is 11.6 Å². The highest BCUT2D eigenvalue weighted by Gasteiger charge is 2.18. The number of anilines is 1. The van der Waals surface area contributed by atoms with E-state index >= 15 is 0 Å². The number of carbonyl (C=O) groups is 2. The Morgan fingerprint density at radius 1 is 1.21 bits per heavy atom. The minimum atomic E-state index is -1.05. The van der Waals surface area contributed by atoms with Gasteiger partial charge in [-0.1, -0.05) is 23.7 Å². The minimum Gasteiger partial charge on any atom is -0.482 e. The SMILES string of the molecule is C[C@H](OC(=O)COc1cccc(Cl)c1)C(=O)Nc1cccc(F)c1. The van der Waals surface area contributed by atoms with Gasteiger partial charge in [0.05, 0.1) is 0 Å². The van der Waals surface area contributed by atoms with E-state index in [0.717, 1.165) is 6.07 Å². The van der Waals surface area contributed by atoms with Gasteiger partial charge in [-0.25, -0.2) is 9.18 Å². The molecule has 24 heavy (non-hydrogen) atoms. The lowest BCUT2D eigenvalue weighted by Crippen LogP contribution is -2.31. The maximum Gasteiger partial charge on any atom is 0.344 e. The monoisotopic (exact) mass is 351 g/mol. The molecular weight excluding hydrogens is 337 g/mol. The highest BCUT2D eigenvalue weighted by Crippen LogP contribution is 2.17. The Balaban J connectivity index is 1.81. The Morgan fingerprint density at radius 3 is 2.67 bits per heavy atom. The van der Waals surface area contributed by atoms with Crippen LogP contribution >= 0.6 is 11.6 Å². The van der Waals surface area contributed by atoms with Crippen molar-refractivity contribution in [3.8, 4) is 5.75 Å². The van der Waals surface area contributed by atoms with Gasteiger partial charge in [-0.15, -0.1) is 0 Å². The van der Waals surface area contributed by atoms with Crippen LogP contribution in [0.4, 0.5) is 10.1 Å². The summed E-state index contributed by atoms with van der Waals surface area (Å²) in [4.78, 5) is 23.6. The first-order valence-corrected chi connectivity index (χ1v) is 7.46. The fourth-order valence-corrected chi connectivity index (χ4v) is 1.97. The van der Waals surface area contributed by atoms with Crippen molar-refractivity contribution < 1.29 is 23.5 Å². The molecule has 0 aliphatic carbocycles. The Labute approximate surface area is 143 Å². The van der Waals surface area contributed by atoms with Crippen molar-refractivity contribution in [3.63, 3.8) is 0 Å². The number of carbonyl (C=O) groups excluding carboxylic acids is 2. The van der Waals surface area contributed by atoms with Crippen LogP contribution in [-0.4, -0.2) is 24.6 Å². The number of hydrogen-bond acceptors (Lipinski definition) is 4. The van der Waals surface area contributed by atoms with Gasteiger partial charge in [0, 0.05) is 10.7 Å². The van der Waals surface area contributed by atoms with E-state index in [4.69, 9.17) is 21.1 Å². The Hall–Kier alpha value is -2.60. The van der Waals surface area contributed by atoms with Crippen molar-refractivity contribution in [2.45, 2.75) is 13.0 Å². The molecule has 0 aromatic heterocycles. The summed E-state index contributed by atoms with van der Waals surface area (Å²) in [5.74, 6) is -1.35. The third kappa shape index (κ3) is 5.55. The summed E-state index contributed by atoms with van der Waals surface area (Å²) in [6, 6.07) is 11.9. The molecule has 2 rings (SSSR count). The first-order chi connectivity index (χ1) is 11.4. The van der Waals surface area contributed by atoms with Crippen molar-refractivity contribution in [1.82, 2.24) is 0 Å². The number of esters is 1. The molecule has 0 saturated carbocycles. The number of rotatable bonds is 6. The van der Waals surface area contributed by atoms with Crippen LogP contribution in [0.25, 0.3) is 0 Å². The third-order valence-corrected chi connectivity index (χ3v) is 3.16. The van der Waals surface area contributed by atoms with Crippen LogP contribution in [0.2, 0.25) is 5.02 Å². The molecule has 7 heteroatoms. The van der Waals surface area contributed by atoms with E-state index in [-0.39, 0.29) is 12.3 Å². The summed E-state index contributed by atoms with van der Waals surface area (Å²) in [5.41, 5.74) is 0.276. The van der Waals surface area contributed by atoms with Gasteiger partial charge in [-0.05, 0) is 43.3 Å². The first kappa shape index (κ1) is 17.7. The molecule has 0 bridgehead atoms. The average Bonchev–Trinajstić information content (AvgIpc) is 2.53. The molecule has 0 spiro atoms. The van der Waals surface area contributed by atoms with Crippen LogP contribution in [-0.2, 0) is 14.3 Å². The van der Waals surface area contributed by atoms with Gasteiger partial charge in [0.25, 0.3) is 5.91 Å². The average molecular weight is 352 g/mol. The summed E-state index contributed by atoms with van der Waals surface area (Å²) in [7, 11) is 0. The Kier molecular flexibility index (Phi) is 6.14. The third-order valence-electron chi connectivity index (χ3n) is 2.92. The number of ether oxygens (including phenoxy) is 2. The summed E-state index contributed by atoms with van der Waals surface area (Å²) in [6.07, 6.45) is -1.05. The van der Waals surface area contributed by atoms with Crippen LogP contribution < -0.4 is 10.1 Å². The van der Waals surface area contributed by atoms with Crippen molar-refractivity contribution in [1.29, 1.82) is 0 Å². The topological polar surface area (TPSA) is 64.6 Å². The maximum atomic E-state index is 13.1. The first-order valence-electron chi connectivity index (χ1n) is 7.08. The Morgan fingerprint density at radius 2 is 1.96 bits per heavy atom. The molecule has 0 aliphatic heterocycles. The number of amides is 1. The zero-order chi connectivity index (χ0) is 17.5. The predicted molar refractivity (Wildman–Crippen MR) is 87.5 cm³/mol. The second-order valence-corrected chi connectivity index (χ2v) is 5.31. The lowest BCUT2D eigenvalue weighted by Gasteiger charge is -2.14. The fraction of sp³-hybridized carbons (Fsp3) is 0.176. The van der Waals surface area contributed by atoms with Gasteiger partial charge in [-0.2, -0.15) is 0 Å². The molecular formula is C17H15ClFNO4. The molecule has 0 aliphatic rings. The van der Waals surface area contributed by atoms with E-state index in [2.05, 4.69) is 5.32 Å². The summed E-state index contributed by atoms with van der Waals surface area (Å²) in [6.45, 7) is 1.05. The zero-order valence-corrected chi connectivity index (χ0v) is 13.5. The van der Waals surface area contributed by atoms with Gasteiger partial charge in [0.2, 0.25) is 0 Å². The molecule has 1 N–H and O–H groups in total. The molecule has 0 saturated heterocycles. The number of nitrogens with one attached hydrogen (secondary N) is 1. The summed E-state index contributed by atoms with van der Waals surface area (Å²) < 4.78 is 23.2. The molecule has 0 unspecified atom stereocenters. The molecule has 2 aromatic carbocycles. The summed E-state index contributed by atoms with van der Waals surface area (Å²) >= 11 is 5.80. The highest BCUT2D eigenvalue weighted by atomic mass is 35.5. The molecule has 1 amide bonds. The normalized spacial score (nSPS) is 11.5. The number of hydrogen-bond donors (Lipinski definition) is 1. The number of benzene rings is 2. The minimum absolute atomic E-state index is 0.276. The second-order valence-electron chi connectivity index (χ2n) is 4.88. The van der Waals surface area contributed by atoms with Crippen molar-refractivity contribution in [3.05, 3.63) is 59.4 Å². The molecule has 1 atom stereocenters. The quantitative estimate of drug-likeness (QED) is 0.810. The van der Waals surface area contributed by atoms with E-state index in [1.807, 2.05) is 0 Å². The van der Waals surface area contributed by atoms with E-state index < -0.39 is 23.8 Å². The van der Waals surface area contributed by atoms with Gasteiger partial charge < -0.3 is 14.8 Å². The van der Waals surface area contributed by atoms with E-state index in [0.29, 0.717) is 10.8 Å². The standard InChI is InChI=1S/C17H15ClFNO4/c1-11(17(22)20-14-6-3-5-13(19)9-14)24-16(21)10-23-15-7-2-4-12(18)8-15/h2-9,11H,10H2,1H3,(H,20,22)/t11-/m0/s1. The molecule has 0 heterocycles. The zero-order valence-electron chi connectivity index (χ0n) is 12.8. The van der Waals surface area contributed by atoms with Gasteiger partial charge in [0.15, 0.2) is 12.7 Å². The molecule has 0 radical (unpaired) electrons. The van der Waals surface area contributed by atoms with Crippen LogP contribution in [0.3, 0.4) is 0 Å². The molecule has 126 valence electrons. The molecule has 5 nitrogen and oxygen atoms in total. The van der Waals surface area contributed by atoms with Crippen LogP contribution in [0.15, 0.2) is 48.5 Å². The molecule has 0 fully saturated rings. The van der Waals surface area contributed by atoms with Gasteiger partial charge in [-0.3, -0.25) is 4.79 Å². The second kappa shape index (κ2) is 8.31. The molecule has 2 aromatic rings. The van der Waals surface area contributed by atoms with E-state index in [1.54, 1.807) is 24.3 Å². The maximum absolute atomic E-state index is 13.1. The fourth-order valence-electron chi connectivity index (χ4n) is 1.79. The Bertz CT molecular complexity index is 738. The van der Waals surface area contributed by atoms with Crippen LogP contribution in [0.1, 0.15) is 6.92 Å². The van der Waals surface area contributed by atoms with E-state index in [9.17, 15) is 14.0 Å². The highest BCUT2D eigenvalue weighted by molar-refractivity contribution is 6.30. The van der Waals surface area contributed by atoms with Crippen molar-refractivity contribution in [2.24, 2.45) is 0 Å². The summed E-state index contributed by atoms with van der Waals surface area (Å²) in [5, 5.41) is 2.93. The largest absolute Gasteiger partial charge is 0.482 e. The van der Waals surface area contributed by atoms with Crippen molar-refractivity contribution in [2.75, 3.05) is 11.9 Å². The number of halogens is 2. The lowest BCUT2D eigenvalue weighted by atomic mass is 10.3. The van der Waals surface area contributed by atoms with Crippen molar-refractivity contribution >= 4 is 29.2 Å². The van der Waals surface area contributed by atoms with Crippen LogP contribution in [0.5, 0.6) is 5.75 Å². The van der Waals surface area contributed by atoms with Gasteiger partial charge >= 0.3 is 5.97 Å². The smallest absolute Gasteiger partial charge is 0.344 e. The van der Waals surface area contributed by atoms with E-state index in [1.165, 1.54) is 25.1 Å². The lowest BCUT2D eigenvalue weighted by molar-refractivity contribution is -0.155.